The van der Waals surface area contributed by atoms with Crippen LogP contribution in [-0.4, -0.2) is 46.6 Å². The summed E-state index contributed by atoms with van der Waals surface area (Å²) in [6, 6.07) is 6.17. The Balaban J connectivity index is 1.85. The number of aromatic nitrogens is 1. The van der Waals surface area contributed by atoms with E-state index in [1.807, 2.05) is 19.1 Å². The van der Waals surface area contributed by atoms with E-state index < -0.39 is 5.97 Å². The number of pyridine rings is 1. The van der Waals surface area contributed by atoms with Gasteiger partial charge in [-0.15, -0.1) is 0 Å². The summed E-state index contributed by atoms with van der Waals surface area (Å²) in [5, 5.41) is 8.87. The van der Waals surface area contributed by atoms with Crippen molar-refractivity contribution in [1.29, 1.82) is 0 Å². The molecule has 1 unspecified atom stereocenters. The SMILES string of the molecule is Cc1ccc(C2COCCN2C(=O)c2ccc(C(=O)O)nc2)o1. The first kappa shape index (κ1) is 15.2. The fourth-order valence-electron chi connectivity index (χ4n) is 2.53. The normalized spacial score (nSPS) is 18.0. The van der Waals surface area contributed by atoms with Gasteiger partial charge in [-0.1, -0.05) is 0 Å². The number of hydrogen-bond acceptors (Lipinski definition) is 5. The van der Waals surface area contributed by atoms with Crippen molar-refractivity contribution in [3.63, 3.8) is 0 Å². The first-order chi connectivity index (χ1) is 11.1. The number of amides is 1. The minimum Gasteiger partial charge on any atom is -0.477 e. The molecule has 0 bridgehead atoms. The zero-order chi connectivity index (χ0) is 16.4. The third-order valence-electron chi connectivity index (χ3n) is 3.71. The highest BCUT2D eigenvalue weighted by molar-refractivity contribution is 5.95. The summed E-state index contributed by atoms with van der Waals surface area (Å²) >= 11 is 0. The van der Waals surface area contributed by atoms with Gasteiger partial charge in [-0.05, 0) is 31.2 Å². The highest BCUT2D eigenvalue weighted by Crippen LogP contribution is 2.27. The Kier molecular flexibility index (Phi) is 4.12. The first-order valence-electron chi connectivity index (χ1n) is 7.20. The van der Waals surface area contributed by atoms with Gasteiger partial charge in [0.25, 0.3) is 5.91 Å². The summed E-state index contributed by atoms with van der Waals surface area (Å²) in [5.41, 5.74) is 0.243. The zero-order valence-electron chi connectivity index (χ0n) is 12.6. The molecular weight excluding hydrogens is 300 g/mol. The van der Waals surface area contributed by atoms with E-state index in [-0.39, 0.29) is 17.6 Å². The van der Waals surface area contributed by atoms with Crippen molar-refractivity contribution < 1.29 is 23.8 Å². The van der Waals surface area contributed by atoms with Gasteiger partial charge in [0, 0.05) is 12.7 Å². The van der Waals surface area contributed by atoms with Crippen molar-refractivity contribution in [2.24, 2.45) is 0 Å². The number of hydrogen-bond donors (Lipinski definition) is 1. The second-order valence-corrected chi connectivity index (χ2v) is 5.27. The number of morpholine rings is 1. The maximum Gasteiger partial charge on any atom is 0.354 e. The average molecular weight is 316 g/mol. The number of carboxylic acid groups (broad SMARTS) is 1. The minimum atomic E-state index is -1.13. The lowest BCUT2D eigenvalue weighted by molar-refractivity contribution is -0.00897. The fourth-order valence-corrected chi connectivity index (χ4v) is 2.53. The maximum absolute atomic E-state index is 12.7. The Labute approximate surface area is 132 Å². The Morgan fingerprint density at radius 2 is 2.13 bits per heavy atom. The zero-order valence-corrected chi connectivity index (χ0v) is 12.6. The summed E-state index contributed by atoms with van der Waals surface area (Å²) in [6.07, 6.45) is 1.28. The number of carbonyl (C=O) groups excluding carboxylic acids is 1. The molecule has 1 N–H and O–H groups in total. The van der Waals surface area contributed by atoms with Crippen LogP contribution in [-0.2, 0) is 4.74 Å². The molecule has 2 aromatic heterocycles. The molecule has 0 aliphatic carbocycles. The summed E-state index contributed by atoms with van der Waals surface area (Å²) in [6.45, 7) is 3.08. The lowest BCUT2D eigenvalue weighted by Crippen LogP contribution is -2.43. The van der Waals surface area contributed by atoms with Crippen LogP contribution >= 0.6 is 0 Å². The van der Waals surface area contributed by atoms with Crippen LogP contribution in [0.4, 0.5) is 0 Å². The monoisotopic (exact) mass is 316 g/mol. The second-order valence-electron chi connectivity index (χ2n) is 5.27. The first-order valence-corrected chi connectivity index (χ1v) is 7.20. The largest absolute Gasteiger partial charge is 0.477 e. The third-order valence-corrected chi connectivity index (χ3v) is 3.71. The van der Waals surface area contributed by atoms with Crippen LogP contribution in [0.3, 0.4) is 0 Å². The minimum absolute atomic E-state index is 0.0956. The molecule has 1 saturated heterocycles. The number of aromatic carboxylic acids is 1. The molecule has 3 heterocycles. The molecule has 1 aliphatic rings. The Morgan fingerprint density at radius 1 is 1.30 bits per heavy atom. The smallest absolute Gasteiger partial charge is 0.354 e. The molecule has 1 atom stereocenters. The number of nitrogens with zero attached hydrogens (tertiary/aromatic N) is 2. The molecule has 0 radical (unpaired) electrons. The van der Waals surface area contributed by atoms with Gasteiger partial charge in [0.2, 0.25) is 0 Å². The highest BCUT2D eigenvalue weighted by Gasteiger charge is 2.31. The van der Waals surface area contributed by atoms with Gasteiger partial charge >= 0.3 is 5.97 Å². The molecule has 2 aromatic rings. The molecule has 120 valence electrons. The van der Waals surface area contributed by atoms with Crippen LogP contribution in [0.5, 0.6) is 0 Å². The molecule has 0 spiro atoms. The van der Waals surface area contributed by atoms with Gasteiger partial charge in [0.05, 0.1) is 18.8 Å². The molecule has 0 saturated carbocycles. The van der Waals surface area contributed by atoms with E-state index in [2.05, 4.69) is 4.98 Å². The van der Waals surface area contributed by atoms with E-state index in [9.17, 15) is 9.59 Å². The van der Waals surface area contributed by atoms with Crippen molar-refractivity contribution in [3.05, 3.63) is 53.2 Å². The van der Waals surface area contributed by atoms with E-state index >= 15 is 0 Å². The van der Waals surface area contributed by atoms with Crippen molar-refractivity contribution in [1.82, 2.24) is 9.88 Å². The number of rotatable bonds is 3. The van der Waals surface area contributed by atoms with Crippen LogP contribution in [0.2, 0.25) is 0 Å². The van der Waals surface area contributed by atoms with Crippen LogP contribution < -0.4 is 0 Å². The molecule has 7 heteroatoms. The average Bonchev–Trinajstić information content (AvgIpc) is 3.00. The maximum atomic E-state index is 12.7. The molecule has 1 amide bonds. The van der Waals surface area contributed by atoms with E-state index in [4.69, 9.17) is 14.3 Å². The van der Waals surface area contributed by atoms with Crippen LogP contribution in [0.1, 0.15) is 38.4 Å². The predicted octanol–water partition coefficient (Wildman–Crippen LogP) is 1.89. The summed E-state index contributed by atoms with van der Waals surface area (Å²) in [7, 11) is 0. The molecule has 0 aromatic carbocycles. The number of ether oxygens (including phenoxy) is 1. The van der Waals surface area contributed by atoms with Gasteiger partial charge in [0.1, 0.15) is 23.3 Å². The van der Waals surface area contributed by atoms with Gasteiger partial charge in [-0.3, -0.25) is 4.79 Å². The topological polar surface area (TPSA) is 92.9 Å². The van der Waals surface area contributed by atoms with Crippen molar-refractivity contribution in [2.45, 2.75) is 13.0 Å². The van der Waals surface area contributed by atoms with Crippen molar-refractivity contribution in [2.75, 3.05) is 19.8 Å². The van der Waals surface area contributed by atoms with E-state index in [0.717, 1.165) is 5.76 Å². The van der Waals surface area contributed by atoms with E-state index in [0.29, 0.717) is 31.1 Å². The van der Waals surface area contributed by atoms with Crippen molar-refractivity contribution in [3.8, 4) is 0 Å². The lowest BCUT2D eigenvalue weighted by Gasteiger charge is -2.34. The standard InChI is InChI=1S/C16H16N2O5/c1-10-2-5-14(23-10)13-9-22-7-6-18(13)15(19)11-3-4-12(16(20)21)17-8-11/h2-5,8,13H,6-7,9H2,1H3,(H,20,21). The predicted molar refractivity (Wildman–Crippen MR) is 79.2 cm³/mol. The quantitative estimate of drug-likeness (QED) is 0.929. The molecule has 7 nitrogen and oxygen atoms in total. The summed E-state index contributed by atoms with van der Waals surface area (Å²) < 4.78 is 11.1. The fraction of sp³-hybridized carbons (Fsp3) is 0.312. The lowest BCUT2D eigenvalue weighted by atomic mass is 10.1. The van der Waals surface area contributed by atoms with E-state index in [1.54, 1.807) is 4.90 Å². The molecule has 3 rings (SSSR count). The third kappa shape index (κ3) is 3.09. The van der Waals surface area contributed by atoms with Gasteiger partial charge in [-0.2, -0.15) is 0 Å². The van der Waals surface area contributed by atoms with Crippen molar-refractivity contribution >= 4 is 11.9 Å². The number of carbonyl (C=O) groups is 2. The molecule has 1 aliphatic heterocycles. The van der Waals surface area contributed by atoms with Crippen LogP contribution in [0, 0.1) is 6.92 Å². The van der Waals surface area contributed by atoms with Gasteiger partial charge in [0.15, 0.2) is 0 Å². The number of carboxylic acids is 1. The molecular formula is C16H16N2O5. The molecule has 23 heavy (non-hydrogen) atoms. The van der Waals surface area contributed by atoms with Gasteiger partial charge in [-0.25, -0.2) is 9.78 Å². The van der Waals surface area contributed by atoms with E-state index in [1.165, 1.54) is 18.3 Å². The van der Waals surface area contributed by atoms with Crippen LogP contribution in [0.15, 0.2) is 34.9 Å². The Morgan fingerprint density at radius 3 is 2.74 bits per heavy atom. The van der Waals surface area contributed by atoms with Gasteiger partial charge < -0.3 is 19.2 Å². The number of aryl methyl sites for hydroxylation is 1. The second kappa shape index (κ2) is 6.21. The highest BCUT2D eigenvalue weighted by atomic mass is 16.5. The van der Waals surface area contributed by atoms with Crippen LogP contribution in [0.25, 0.3) is 0 Å². The Hall–Kier alpha value is -2.67. The number of furan rings is 1. The summed E-state index contributed by atoms with van der Waals surface area (Å²) in [5.74, 6) is 0.0900. The molecule has 1 fully saturated rings. The Bertz CT molecular complexity index is 722. The summed E-state index contributed by atoms with van der Waals surface area (Å²) in [4.78, 5) is 29.0.